The minimum absolute atomic E-state index is 0.0253. The zero-order valence-corrected chi connectivity index (χ0v) is 11.7. The van der Waals surface area contributed by atoms with Gasteiger partial charge in [-0.3, -0.25) is 0 Å². The minimum Gasteiger partial charge on any atom is -0.465 e. The smallest absolute Gasteiger partial charge is 0.341 e. The molecule has 1 aromatic heterocycles. The molecule has 0 fully saturated rings. The monoisotopic (exact) mass is 294 g/mol. The maximum Gasteiger partial charge on any atom is 0.341 e. The van der Waals surface area contributed by atoms with Gasteiger partial charge in [0.25, 0.3) is 0 Å². The fraction of sp³-hybridized carbons (Fsp3) is 0.286. The van der Waals surface area contributed by atoms with Gasteiger partial charge in [0.15, 0.2) is 12.5 Å². The highest BCUT2D eigenvalue weighted by molar-refractivity contribution is 5.88. The highest BCUT2D eigenvalue weighted by atomic mass is 19.1. The van der Waals surface area contributed by atoms with Gasteiger partial charge in [0.2, 0.25) is 0 Å². The lowest BCUT2D eigenvalue weighted by atomic mass is 10.3. The number of methoxy groups -OCH3 is 1. The molecule has 0 saturated carbocycles. The van der Waals surface area contributed by atoms with Crippen molar-refractivity contribution in [3.8, 4) is 11.4 Å². The number of hydrogen-bond acceptors (Lipinski definition) is 5. The van der Waals surface area contributed by atoms with Crippen LogP contribution in [0.15, 0.2) is 30.6 Å². The molecule has 1 heterocycles. The maximum absolute atomic E-state index is 13.3. The van der Waals surface area contributed by atoms with Gasteiger partial charge in [-0.15, -0.1) is 0 Å². The fourth-order valence-corrected chi connectivity index (χ4v) is 1.69. The van der Waals surface area contributed by atoms with Crippen LogP contribution in [-0.2, 0) is 9.47 Å². The second kappa shape index (κ2) is 6.85. The van der Waals surface area contributed by atoms with Crippen LogP contribution in [0, 0.1) is 5.82 Å². The topological polar surface area (TPSA) is 62.6 Å². The second-order valence-corrected chi connectivity index (χ2v) is 4.06. The summed E-state index contributed by atoms with van der Waals surface area (Å²) in [5.41, 5.74) is 0.794. The predicted molar refractivity (Wildman–Crippen MR) is 72.0 cm³/mol. The van der Waals surface area contributed by atoms with Crippen LogP contribution >= 0.6 is 0 Å². The van der Waals surface area contributed by atoms with Crippen LogP contribution in [-0.4, -0.2) is 36.3 Å². The van der Waals surface area contributed by atoms with Gasteiger partial charge in [-0.05, 0) is 19.1 Å². The van der Waals surface area contributed by atoms with Gasteiger partial charge < -0.3 is 14.2 Å². The summed E-state index contributed by atoms with van der Waals surface area (Å²) in [5, 5.41) is 4.06. The number of halogens is 1. The number of nitrogens with zero attached hydrogens (tertiary/aromatic N) is 2. The molecule has 0 spiro atoms. The maximum atomic E-state index is 13.3. The number of rotatable bonds is 6. The van der Waals surface area contributed by atoms with Crippen molar-refractivity contribution in [1.29, 1.82) is 0 Å². The van der Waals surface area contributed by atoms with Crippen molar-refractivity contribution in [3.63, 3.8) is 0 Å². The number of ether oxygens (including phenoxy) is 3. The zero-order valence-electron chi connectivity index (χ0n) is 11.7. The molecule has 0 aliphatic rings. The Morgan fingerprint density at radius 2 is 2.24 bits per heavy atom. The van der Waals surface area contributed by atoms with Gasteiger partial charge in [-0.25, -0.2) is 13.9 Å². The summed E-state index contributed by atoms with van der Waals surface area (Å²) in [4.78, 5) is 11.6. The van der Waals surface area contributed by atoms with Crippen molar-refractivity contribution < 1.29 is 23.4 Å². The van der Waals surface area contributed by atoms with Crippen LogP contribution in [0.2, 0.25) is 0 Å². The van der Waals surface area contributed by atoms with E-state index in [1.807, 2.05) is 0 Å². The number of aromatic nitrogens is 2. The van der Waals surface area contributed by atoms with Gasteiger partial charge in [0.05, 0.1) is 18.4 Å². The van der Waals surface area contributed by atoms with E-state index in [1.54, 1.807) is 6.92 Å². The minimum atomic E-state index is -0.467. The summed E-state index contributed by atoms with van der Waals surface area (Å²) in [7, 11) is 1.46. The first-order chi connectivity index (χ1) is 10.2. The van der Waals surface area contributed by atoms with Crippen LogP contribution in [0.25, 0.3) is 5.69 Å². The van der Waals surface area contributed by atoms with E-state index in [1.165, 1.54) is 42.4 Å². The Kier molecular flexibility index (Phi) is 4.89. The molecule has 112 valence electrons. The average Bonchev–Trinajstić information content (AvgIpc) is 2.95. The first-order valence-corrected chi connectivity index (χ1v) is 6.29. The molecule has 0 aliphatic heterocycles. The number of benzene rings is 1. The Balaban J connectivity index is 2.31. The van der Waals surface area contributed by atoms with Crippen molar-refractivity contribution in [2.24, 2.45) is 0 Å². The normalized spacial score (nSPS) is 10.4. The first-order valence-electron chi connectivity index (χ1n) is 6.29. The third-order valence-electron chi connectivity index (χ3n) is 2.59. The lowest BCUT2D eigenvalue weighted by molar-refractivity contribution is 0.0506. The predicted octanol–water partition coefficient (Wildman–Crippen LogP) is 2.17. The molecule has 2 aromatic rings. The second-order valence-electron chi connectivity index (χ2n) is 4.06. The molecule has 7 heteroatoms. The number of esters is 1. The van der Waals surface area contributed by atoms with E-state index in [2.05, 4.69) is 5.10 Å². The Morgan fingerprint density at radius 3 is 2.95 bits per heavy atom. The van der Waals surface area contributed by atoms with Crippen LogP contribution in [0.5, 0.6) is 5.75 Å². The Hall–Kier alpha value is -2.41. The van der Waals surface area contributed by atoms with Crippen LogP contribution in [0.1, 0.15) is 17.3 Å². The van der Waals surface area contributed by atoms with Gasteiger partial charge in [0.1, 0.15) is 11.5 Å². The summed E-state index contributed by atoms with van der Waals surface area (Å²) < 4.78 is 29.7. The van der Waals surface area contributed by atoms with Crippen LogP contribution in [0.3, 0.4) is 0 Å². The van der Waals surface area contributed by atoms with Gasteiger partial charge in [-0.1, -0.05) is 0 Å². The SMILES string of the molecule is CCOC(=O)c1cnn(-c2ccc(F)cc2OCOC)c1. The lowest BCUT2D eigenvalue weighted by Crippen LogP contribution is -2.05. The molecular weight excluding hydrogens is 279 g/mol. The van der Waals surface area contributed by atoms with E-state index in [-0.39, 0.29) is 19.1 Å². The zero-order chi connectivity index (χ0) is 15.2. The van der Waals surface area contributed by atoms with Gasteiger partial charge in [-0.2, -0.15) is 5.10 Å². The quantitative estimate of drug-likeness (QED) is 0.603. The van der Waals surface area contributed by atoms with Gasteiger partial charge >= 0.3 is 5.97 Å². The molecule has 21 heavy (non-hydrogen) atoms. The fourth-order valence-electron chi connectivity index (χ4n) is 1.69. The molecule has 0 bridgehead atoms. The van der Waals surface area contributed by atoms with Crippen LogP contribution in [0.4, 0.5) is 4.39 Å². The van der Waals surface area contributed by atoms with E-state index in [0.29, 0.717) is 11.3 Å². The molecule has 6 nitrogen and oxygen atoms in total. The summed E-state index contributed by atoms with van der Waals surface area (Å²) in [6, 6.07) is 4.00. The van der Waals surface area contributed by atoms with E-state index in [4.69, 9.17) is 14.2 Å². The van der Waals surface area contributed by atoms with E-state index < -0.39 is 11.8 Å². The van der Waals surface area contributed by atoms with E-state index >= 15 is 0 Å². The van der Waals surface area contributed by atoms with Crippen molar-refractivity contribution >= 4 is 5.97 Å². The van der Waals surface area contributed by atoms with Crippen molar-refractivity contribution in [1.82, 2.24) is 9.78 Å². The summed E-state index contributed by atoms with van der Waals surface area (Å²) in [6.07, 6.45) is 2.87. The molecule has 0 radical (unpaired) electrons. The van der Waals surface area contributed by atoms with Crippen LogP contribution < -0.4 is 4.74 Å². The third-order valence-corrected chi connectivity index (χ3v) is 2.59. The Labute approximate surface area is 121 Å². The largest absolute Gasteiger partial charge is 0.465 e. The molecule has 0 atom stereocenters. The highest BCUT2D eigenvalue weighted by Gasteiger charge is 2.13. The summed E-state index contributed by atoms with van der Waals surface area (Å²) in [6.45, 7) is 1.98. The van der Waals surface area contributed by atoms with Crippen molar-refractivity contribution in [2.75, 3.05) is 20.5 Å². The molecular formula is C14H15FN2O4. The number of carbonyl (C=O) groups excluding carboxylic acids is 1. The Morgan fingerprint density at radius 1 is 1.43 bits per heavy atom. The standard InChI is InChI=1S/C14H15FN2O4/c1-3-20-14(18)10-7-16-17(8-10)12-5-4-11(15)6-13(12)21-9-19-2/h4-8H,3,9H2,1-2H3. The molecule has 0 saturated heterocycles. The molecule has 0 unspecified atom stereocenters. The third kappa shape index (κ3) is 3.57. The number of carbonyl (C=O) groups is 1. The van der Waals surface area contributed by atoms with Crippen molar-refractivity contribution in [2.45, 2.75) is 6.92 Å². The molecule has 0 aliphatic carbocycles. The molecule has 0 N–H and O–H groups in total. The lowest BCUT2D eigenvalue weighted by Gasteiger charge is -2.10. The Bertz CT molecular complexity index is 627. The molecule has 2 rings (SSSR count). The summed E-state index contributed by atoms with van der Waals surface area (Å²) in [5.74, 6) is -0.650. The van der Waals surface area contributed by atoms with Crippen molar-refractivity contribution in [3.05, 3.63) is 42.0 Å². The van der Waals surface area contributed by atoms with E-state index in [0.717, 1.165) is 0 Å². The summed E-state index contributed by atoms with van der Waals surface area (Å²) >= 11 is 0. The van der Waals surface area contributed by atoms with Gasteiger partial charge in [0, 0.05) is 19.4 Å². The number of hydrogen-bond donors (Lipinski definition) is 0. The highest BCUT2D eigenvalue weighted by Crippen LogP contribution is 2.24. The first kappa shape index (κ1) is 15.0. The molecule has 1 aromatic carbocycles. The average molecular weight is 294 g/mol. The molecule has 0 amide bonds. The van der Waals surface area contributed by atoms with E-state index in [9.17, 15) is 9.18 Å².